The first-order valence-corrected chi connectivity index (χ1v) is 15.5. The van der Waals surface area contributed by atoms with E-state index in [1.165, 1.54) is 34.9 Å². The van der Waals surface area contributed by atoms with E-state index in [4.69, 9.17) is 9.47 Å². The van der Waals surface area contributed by atoms with E-state index in [0.29, 0.717) is 5.57 Å². The maximum absolute atomic E-state index is 14.5. The summed E-state index contributed by atoms with van der Waals surface area (Å²) in [6.07, 6.45) is -0.840. The van der Waals surface area contributed by atoms with Crippen molar-refractivity contribution in [3.63, 3.8) is 0 Å². The molecular weight excluding hydrogens is 587 g/mol. The maximum atomic E-state index is 14.5. The van der Waals surface area contributed by atoms with E-state index in [1.807, 2.05) is 78.2 Å². The second kappa shape index (κ2) is 13.3. The highest BCUT2D eigenvalue weighted by Gasteiger charge is 2.64. The molecule has 1 aromatic heterocycles. The van der Waals surface area contributed by atoms with Crippen molar-refractivity contribution in [2.45, 2.75) is 49.2 Å². The molecular formula is C32H29N3O6S2. The van der Waals surface area contributed by atoms with Crippen molar-refractivity contribution in [1.29, 1.82) is 5.26 Å². The zero-order chi connectivity index (χ0) is 30.4. The molecule has 1 N–H and O–H groups in total. The van der Waals surface area contributed by atoms with Gasteiger partial charge in [-0.1, -0.05) is 66.7 Å². The highest BCUT2D eigenvalue weighted by molar-refractivity contribution is 8.03. The van der Waals surface area contributed by atoms with Crippen LogP contribution in [0.1, 0.15) is 41.9 Å². The molecule has 11 heteroatoms. The minimum absolute atomic E-state index is 0.0789. The highest BCUT2D eigenvalue weighted by atomic mass is 32.2. The third kappa shape index (κ3) is 6.21. The fraction of sp³-hybridized carbons (Fsp3) is 0.281. The lowest BCUT2D eigenvalue weighted by Crippen LogP contribution is -2.78. The molecule has 3 atom stereocenters. The SMILES string of the molecule is CC(=O)OCC1=CS[C@@H]2[C@H](NC(=O)Cc3cccs3)C(=O)N2[C@@]1(CCC#N)C(=O)OC(c1ccccc1)c1ccccc1. The van der Waals surface area contributed by atoms with Gasteiger partial charge in [-0.3, -0.25) is 14.4 Å². The molecule has 0 saturated carbocycles. The van der Waals surface area contributed by atoms with E-state index < -0.39 is 40.9 Å². The van der Waals surface area contributed by atoms with Gasteiger partial charge in [-0.05, 0) is 34.4 Å². The van der Waals surface area contributed by atoms with Gasteiger partial charge in [0, 0.05) is 23.8 Å². The molecule has 9 nitrogen and oxygen atoms in total. The van der Waals surface area contributed by atoms with Crippen molar-refractivity contribution in [3.05, 3.63) is 105 Å². The Bertz CT molecular complexity index is 1520. The molecule has 0 bridgehead atoms. The number of carbonyl (C=O) groups is 4. The summed E-state index contributed by atoms with van der Waals surface area (Å²) in [7, 11) is 0. The maximum Gasteiger partial charge on any atom is 0.337 e. The Morgan fingerprint density at radius 3 is 2.30 bits per heavy atom. The molecule has 2 aliphatic rings. The van der Waals surface area contributed by atoms with E-state index in [-0.39, 0.29) is 31.8 Å². The first kappa shape index (κ1) is 30.1. The number of benzene rings is 2. The number of nitrogens with one attached hydrogen (secondary N) is 1. The van der Waals surface area contributed by atoms with Crippen LogP contribution in [0.2, 0.25) is 0 Å². The average Bonchev–Trinajstić information content (AvgIpc) is 3.53. The normalized spacial score (nSPS) is 20.7. The second-order valence-corrected chi connectivity index (χ2v) is 12.1. The number of amides is 2. The molecule has 220 valence electrons. The summed E-state index contributed by atoms with van der Waals surface area (Å²) in [6, 6.07) is 23.3. The van der Waals surface area contributed by atoms with Crippen LogP contribution in [-0.2, 0) is 35.1 Å². The summed E-state index contributed by atoms with van der Waals surface area (Å²) in [5, 5.41) is 15.3. The van der Waals surface area contributed by atoms with Crippen molar-refractivity contribution in [2.24, 2.45) is 0 Å². The molecule has 2 aliphatic heterocycles. The first-order chi connectivity index (χ1) is 20.8. The summed E-state index contributed by atoms with van der Waals surface area (Å²) >= 11 is 2.69. The van der Waals surface area contributed by atoms with Crippen LogP contribution in [0.25, 0.3) is 0 Å². The second-order valence-electron chi connectivity index (χ2n) is 10.1. The number of nitrogens with zero attached hydrogens (tertiary/aromatic N) is 2. The molecule has 5 rings (SSSR count). The first-order valence-electron chi connectivity index (χ1n) is 13.7. The standard InChI is InChI=1S/C32H29N3O6S2/c1-21(36)40-19-24-20-43-30-27(34-26(37)18-25-14-8-17-42-25)29(38)35(30)32(24,15-9-16-33)31(39)41-28(22-10-4-2-5-11-22)23-12-6-3-7-13-23/h2-8,10-14,17,20,27-28,30H,9,15,18-19H2,1H3,(H,34,37)/t27-,30-,32-/m1/s1. The third-order valence-corrected chi connectivity index (χ3v) is 9.42. The van der Waals surface area contributed by atoms with E-state index in [0.717, 1.165) is 16.0 Å². The third-order valence-electron chi connectivity index (χ3n) is 7.36. The summed E-state index contributed by atoms with van der Waals surface area (Å²) in [4.78, 5) is 55.2. The fourth-order valence-corrected chi connectivity index (χ4v) is 7.33. The van der Waals surface area contributed by atoms with E-state index in [9.17, 15) is 24.4 Å². The summed E-state index contributed by atoms with van der Waals surface area (Å²) in [5.74, 6) is -2.10. The molecule has 0 aliphatic carbocycles. The van der Waals surface area contributed by atoms with Gasteiger partial charge in [0.1, 0.15) is 18.0 Å². The number of nitriles is 1. The number of carbonyl (C=O) groups excluding carboxylic acids is 4. The van der Waals surface area contributed by atoms with Gasteiger partial charge in [-0.25, -0.2) is 4.79 Å². The van der Waals surface area contributed by atoms with E-state index in [1.54, 1.807) is 5.41 Å². The van der Waals surface area contributed by atoms with Crippen LogP contribution in [0, 0.1) is 11.3 Å². The molecule has 43 heavy (non-hydrogen) atoms. The minimum Gasteiger partial charge on any atom is -0.461 e. The number of hydrogen-bond donors (Lipinski definition) is 1. The lowest BCUT2D eigenvalue weighted by molar-refractivity contribution is -0.176. The van der Waals surface area contributed by atoms with Crippen molar-refractivity contribution >= 4 is 46.9 Å². The van der Waals surface area contributed by atoms with Crippen LogP contribution in [-0.4, -0.2) is 52.2 Å². The molecule has 1 fully saturated rings. The van der Waals surface area contributed by atoms with Gasteiger partial charge in [-0.2, -0.15) is 5.26 Å². The Morgan fingerprint density at radius 2 is 1.72 bits per heavy atom. The van der Waals surface area contributed by atoms with Crippen LogP contribution >= 0.6 is 23.1 Å². The molecule has 2 amide bonds. The summed E-state index contributed by atoms with van der Waals surface area (Å²) in [5.41, 5.74) is 0.0483. The van der Waals surface area contributed by atoms with Gasteiger partial charge >= 0.3 is 11.9 Å². The monoisotopic (exact) mass is 615 g/mol. The lowest BCUT2D eigenvalue weighted by atomic mass is 9.80. The number of ether oxygens (including phenoxy) is 2. The Balaban J connectivity index is 1.50. The van der Waals surface area contributed by atoms with E-state index in [2.05, 4.69) is 11.4 Å². The number of rotatable bonds is 11. The van der Waals surface area contributed by atoms with Gasteiger partial charge in [0.15, 0.2) is 11.6 Å². The number of esters is 2. The van der Waals surface area contributed by atoms with Gasteiger partial charge in [0.25, 0.3) is 0 Å². The fourth-order valence-electron chi connectivity index (χ4n) is 5.31. The number of thioether (sulfide) groups is 1. The minimum atomic E-state index is -1.73. The zero-order valence-corrected chi connectivity index (χ0v) is 24.9. The molecule has 2 aromatic carbocycles. The zero-order valence-electron chi connectivity index (χ0n) is 23.3. The van der Waals surface area contributed by atoms with Crippen molar-refractivity contribution < 1.29 is 28.7 Å². The predicted molar refractivity (Wildman–Crippen MR) is 161 cm³/mol. The Labute approximate surface area is 257 Å². The number of hydrogen-bond acceptors (Lipinski definition) is 9. The predicted octanol–water partition coefficient (Wildman–Crippen LogP) is 4.51. The van der Waals surface area contributed by atoms with Crippen molar-refractivity contribution in [1.82, 2.24) is 10.2 Å². The largest absolute Gasteiger partial charge is 0.461 e. The summed E-state index contributed by atoms with van der Waals surface area (Å²) < 4.78 is 11.6. The lowest BCUT2D eigenvalue weighted by Gasteiger charge is -2.57. The van der Waals surface area contributed by atoms with Gasteiger partial charge < -0.3 is 19.7 Å². The highest BCUT2D eigenvalue weighted by Crippen LogP contribution is 2.49. The van der Waals surface area contributed by atoms with Crippen LogP contribution < -0.4 is 5.32 Å². The molecule has 3 aromatic rings. The van der Waals surface area contributed by atoms with Crippen LogP contribution in [0.3, 0.4) is 0 Å². The summed E-state index contributed by atoms with van der Waals surface area (Å²) in [6.45, 7) is 0.986. The molecule has 0 unspecified atom stereocenters. The quantitative estimate of drug-likeness (QED) is 0.247. The van der Waals surface area contributed by atoms with E-state index >= 15 is 0 Å². The van der Waals surface area contributed by atoms with Gasteiger partial charge in [-0.15, -0.1) is 23.1 Å². The van der Waals surface area contributed by atoms with Crippen molar-refractivity contribution in [2.75, 3.05) is 6.61 Å². The average molecular weight is 616 g/mol. The number of thiophene rings is 1. The van der Waals surface area contributed by atoms with Gasteiger partial charge in [0.05, 0.1) is 12.5 Å². The van der Waals surface area contributed by atoms with Crippen molar-refractivity contribution in [3.8, 4) is 6.07 Å². The molecule has 3 heterocycles. The number of fused-ring (bicyclic) bond motifs is 1. The Morgan fingerprint density at radius 1 is 1.05 bits per heavy atom. The van der Waals surface area contributed by atoms with Crippen LogP contribution in [0.4, 0.5) is 0 Å². The molecule has 0 radical (unpaired) electrons. The Hall–Kier alpha value is -4.40. The van der Waals surface area contributed by atoms with Crippen LogP contribution in [0.15, 0.2) is 89.2 Å². The Kier molecular flexibility index (Phi) is 9.28. The molecule has 1 saturated heterocycles. The molecule has 0 spiro atoms. The smallest absolute Gasteiger partial charge is 0.337 e. The van der Waals surface area contributed by atoms with Crippen LogP contribution in [0.5, 0.6) is 0 Å². The van der Waals surface area contributed by atoms with Gasteiger partial charge in [0.2, 0.25) is 11.8 Å². The topological polar surface area (TPSA) is 126 Å². The number of β-lactam (4-membered cyclic amide) rings is 1.